The Balaban J connectivity index is 2.50. The summed E-state index contributed by atoms with van der Waals surface area (Å²) in [6.07, 6.45) is 3.71. The van der Waals surface area contributed by atoms with Gasteiger partial charge in [0.25, 0.3) is 0 Å². The molecule has 2 nitrogen and oxygen atoms in total. The predicted octanol–water partition coefficient (Wildman–Crippen LogP) is 3.98. The van der Waals surface area contributed by atoms with Gasteiger partial charge in [-0.25, -0.2) is 4.98 Å². The van der Waals surface area contributed by atoms with Crippen molar-refractivity contribution in [1.29, 1.82) is 0 Å². The van der Waals surface area contributed by atoms with Crippen molar-refractivity contribution in [2.24, 2.45) is 5.92 Å². The summed E-state index contributed by atoms with van der Waals surface area (Å²) >= 11 is 6.06. The molecule has 2 rings (SSSR count). The minimum atomic E-state index is 0.507. The van der Waals surface area contributed by atoms with Crippen LogP contribution in [0.15, 0.2) is 18.5 Å². The SMILES string of the molecule is CC(C)C(C)c1cnc2[nH]cc(Cl)c2c1. The Bertz CT molecular complexity index is 473. The Morgan fingerprint density at radius 3 is 2.73 bits per heavy atom. The number of nitrogens with zero attached hydrogens (tertiary/aromatic N) is 1. The Morgan fingerprint density at radius 2 is 2.07 bits per heavy atom. The third kappa shape index (κ3) is 1.86. The van der Waals surface area contributed by atoms with Crippen molar-refractivity contribution in [2.75, 3.05) is 0 Å². The Labute approximate surface area is 94.7 Å². The highest BCUT2D eigenvalue weighted by Gasteiger charge is 2.12. The van der Waals surface area contributed by atoms with Crippen LogP contribution in [0.1, 0.15) is 32.3 Å². The summed E-state index contributed by atoms with van der Waals surface area (Å²) in [7, 11) is 0. The third-order valence-corrected chi connectivity index (χ3v) is 3.34. The van der Waals surface area contributed by atoms with E-state index in [1.807, 2.05) is 6.20 Å². The second-order valence-corrected chi connectivity index (χ2v) is 4.74. The number of halogens is 1. The first-order valence-corrected chi connectivity index (χ1v) is 5.60. The molecule has 0 saturated heterocycles. The second-order valence-electron chi connectivity index (χ2n) is 4.33. The summed E-state index contributed by atoms with van der Waals surface area (Å²) < 4.78 is 0. The highest BCUT2D eigenvalue weighted by molar-refractivity contribution is 6.35. The monoisotopic (exact) mass is 222 g/mol. The molecule has 3 heteroatoms. The van der Waals surface area contributed by atoms with E-state index in [4.69, 9.17) is 11.6 Å². The molecule has 2 aromatic rings. The van der Waals surface area contributed by atoms with Crippen LogP contribution >= 0.6 is 11.6 Å². The van der Waals surface area contributed by atoms with E-state index in [1.54, 1.807) is 6.20 Å². The lowest BCUT2D eigenvalue weighted by atomic mass is 9.91. The molecular weight excluding hydrogens is 208 g/mol. The van der Waals surface area contributed by atoms with Crippen molar-refractivity contribution in [3.63, 3.8) is 0 Å². The van der Waals surface area contributed by atoms with E-state index < -0.39 is 0 Å². The molecule has 80 valence electrons. The third-order valence-electron chi connectivity index (χ3n) is 3.03. The molecule has 0 aromatic carbocycles. The van der Waals surface area contributed by atoms with E-state index in [0.717, 1.165) is 16.1 Å². The van der Waals surface area contributed by atoms with Gasteiger partial charge in [0.1, 0.15) is 5.65 Å². The van der Waals surface area contributed by atoms with Crippen molar-refractivity contribution in [2.45, 2.75) is 26.7 Å². The topological polar surface area (TPSA) is 28.7 Å². The minimum absolute atomic E-state index is 0.507. The zero-order valence-corrected chi connectivity index (χ0v) is 9.97. The largest absolute Gasteiger partial charge is 0.345 e. The minimum Gasteiger partial charge on any atom is -0.345 e. The maximum absolute atomic E-state index is 6.06. The van der Waals surface area contributed by atoms with Gasteiger partial charge in [-0.15, -0.1) is 0 Å². The molecule has 0 aliphatic carbocycles. The average molecular weight is 223 g/mol. The van der Waals surface area contributed by atoms with Crippen molar-refractivity contribution in [3.8, 4) is 0 Å². The molecule has 0 amide bonds. The molecular formula is C12H15ClN2. The number of aromatic nitrogens is 2. The van der Waals surface area contributed by atoms with Crippen LogP contribution in [-0.4, -0.2) is 9.97 Å². The van der Waals surface area contributed by atoms with Gasteiger partial charge in [0.05, 0.1) is 5.02 Å². The van der Waals surface area contributed by atoms with Gasteiger partial charge >= 0.3 is 0 Å². The molecule has 2 aromatic heterocycles. The number of H-pyrrole nitrogens is 1. The molecule has 1 unspecified atom stereocenters. The second kappa shape index (κ2) is 3.86. The number of fused-ring (bicyclic) bond motifs is 1. The number of hydrogen-bond donors (Lipinski definition) is 1. The van der Waals surface area contributed by atoms with E-state index in [1.165, 1.54) is 5.56 Å². The highest BCUT2D eigenvalue weighted by Crippen LogP contribution is 2.28. The first kappa shape index (κ1) is 10.5. The van der Waals surface area contributed by atoms with Crippen molar-refractivity contribution >= 4 is 22.6 Å². The quantitative estimate of drug-likeness (QED) is 0.818. The first-order valence-electron chi connectivity index (χ1n) is 5.22. The van der Waals surface area contributed by atoms with Gasteiger partial charge in [0, 0.05) is 17.8 Å². The summed E-state index contributed by atoms with van der Waals surface area (Å²) in [5.41, 5.74) is 2.11. The fraction of sp³-hybridized carbons (Fsp3) is 0.417. The zero-order valence-electron chi connectivity index (χ0n) is 9.21. The number of nitrogens with one attached hydrogen (secondary N) is 1. The zero-order chi connectivity index (χ0) is 11.0. The summed E-state index contributed by atoms with van der Waals surface area (Å²) in [5.74, 6) is 1.12. The Hall–Kier alpha value is -1.02. The van der Waals surface area contributed by atoms with Crippen LogP contribution in [0.2, 0.25) is 5.02 Å². The maximum atomic E-state index is 6.06. The molecule has 0 radical (unpaired) electrons. The van der Waals surface area contributed by atoms with Crippen LogP contribution in [0.5, 0.6) is 0 Å². The molecule has 0 saturated carbocycles. The molecule has 2 heterocycles. The molecule has 0 bridgehead atoms. The van der Waals surface area contributed by atoms with E-state index in [0.29, 0.717) is 11.8 Å². The lowest BCUT2D eigenvalue weighted by Crippen LogP contribution is -2.02. The molecule has 15 heavy (non-hydrogen) atoms. The van der Waals surface area contributed by atoms with Gasteiger partial charge in [-0.2, -0.15) is 0 Å². The van der Waals surface area contributed by atoms with Gasteiger partial charge in [-0.3, -0.25) is 0 Å². The van der Waals surface area contributed by atoms with E-state index in [2.05, 4.69) is 36.8 Å². The van der Waals surface area contributed by atoms with Gasteiger partial charge in [0.15, 0.2) is 0 Å². The van der Waals surface area contributed by atoms with Gasteiger partial charge in [-0.05, 0) is 23.5 Å². The van der Waals surface area contributed by atoms with E-state index in [9.17, 15) is 0 Å². The summed E-state index contributed by atoms with van der Waals surface area (Å²) in [5, 5.41) is 1.76. The molecule has 0 aliphatic rings. The molecule has 0 spiro atoms. The predicted molar refractivity (Wildman–Crippen MR) is 64.4 cm³/mol. The average Bonchev–Trinajstić information content (AvgIpc) is 2.59. The molecule has 1 atom stereocenters. The highest BCUT2D eigenvalue weighted by atomic mass is 35.5. The van der Waals surface area contributed by atoms with E-state index in [-0.39, 0.29) is 0 Å². The van der Waals surface area contributed by atoms with Crippen LogP contribution in [0.25, 0.3) is 11.0 Å². The maximum Gasteiger partial charge on any atom is 0.138 e. The normalized spacial score (nSPS) is 13.7. The number of hydrogen-bond acceptors (Lipinski definition) is 1. The fourth-order valence-corrected chi connectivity index (χ4v) is 1.82. The van der Waals surface area contributed by atoms with Crippen LogP contribution in [-0.2, 0) is 0 Å². The van der Waals surface area contributed by atoms with Crippen molar-refractivity contribution in [3.05, 3.63) is 29.0 Å². The fourth-order valence-electron chi connectivity index (χ4n) is 1.62. The number of aromatic amines is 1. The Kier molecular flexibility index (Phi) is 2.70. The molecule has 0 aliphatic heterocycles. The van der Waals surface area contributed by atoms with Gasteiger partial charge < -0.3 is 4.98 Å². The molecule has 1 N–H and O–H groups in total. The Morgan fingerprint density at radius 1 is 1.33 bits per heavy atom. The van der Waals surface area contributed by atoms with Crippen molar-refractivity contribution < 1.29 is 0 Å². The van der Waals surface area contributed by atoms with E-state index >= 15 is 0 Å². The first-order chi connectivity index (χ1) is 7.09. The summed E-state index contributed by atoms with van der Waals surface area (Å²) in [4.78, 5) is 7.41. The lowest BCUT2D eigenvalue weighted by molar-refractivity contribution is 0.534. The summed E-state index contributed by atoms with van der Waals surface area (Å²) in [6.45, 7) is 6.65. The van der Waals surface area contributed by atoms with Crippen molar-refractivity contribution in [1.82, 2.24) is 9.97 Å². The number of pyridine rings is 1. The summed E-state index contributed by atoms with van der Waals surface area (Å²) in [6, 6.07) is 2.13. The van der Waals surface area contributed by atoms with Gasteiger partial charge in [-0.1, -0.05) is 32.4 Å². The van der Waals surface area contributed by atoms with Crippen LogP contribution in [0.4, 0.5) is 0 Å². The smallest absolute Gasteiger partial charge is 0.138 e. The molecule has 0 fully saturated rings. The number of rotatable bonds is 2. The van der Waals surface area contributed by atoms with Gasteiger partial charge in [0.2, 0.25) is 0 Å². The van der Waals surface area contributed by atoms with Crippen LogP contribution in [0.3, 0.4) is 0 Å². The lowest BCUT2D eigenvalue weighted by Gasteiger charge is -2.15. The van der Waals surface area contributed by atoms with Crippen LogP contribution in [0, 0.1) is 5.92 Å². The standard InChI is InChI=1S/C12H15ClN2/c1-7(2)8(3)9-4-10-11(13)6-15-12(10)14-5-9/h4-8H,1-3H3,(H,14,15). The van der Waals surface area contributed by atoms with Crippen LogP contribution < -0.4 is 0 Å².